The van der Waals surface area contributed by atoms with Crippen molar-refractivity contribution in [3.05, 3.63) is 47.9 Å². The van der Waals surface area contributed by atoms with Crippen LogP contribution in [-0.4, -0.2) is 51.8 Å². The summed E-state index contributed by atoms with van der Waals surface area (Å²) in [7, 11) is -4.06. The van der Waals surface area contributed by atoms with E-state index in [0.717, 1.165) is 12.8 Å². The van der Waals surface area contributed by atoms with Crippen LogP contribution < -0.4 is 9.62 Å². The zero-order valence-electron chi connectivity index (χ0n) is 19.5. The third-order valence-electron chi connectivity index (χ3n) is 5.66. The maximum Gasteiger partial charge on any atom is 0.374 e. The first-order valence-corrected chi connectivity index (χ1v) is 12.8. The molecule has 1 aliphatic rings. The van der Waals surface area contributed by atoms with Gasteiger partial charge in [-0.25, -0.2) is 18.2 Å². The summed E-state index contributed by atoms with van der Waals surface area (Å²) >= 11 is 0. The van der Waals surface area contributed by atoms with Crippen LogP contribution in [0, 0.1) is 11.3 Å². The molecular weight excluding hydrogens is 472 g/mol. The number of sulfonamides is 1. The first-order valence-electron chi connectivity index (χ1n) is 11.3. The molecule has 0 atom stereocenters. The molecule has 1 N–H and O–H groups in total. The fraction of sp³-hybridized carbons (Fsp3) is 0.375. The number of esters is 1. The molecule has 184 valence electrons. The fourth-order valence-electron chi connectivity index (χ4n) is 4.00. The molecule has 3 heterocycles. The standard InChI is InChI=1S/C24H26N4O6S/c1-3-32-18-7-9-28(10-8-18)23-20(11-16(14-25)15-26-23)27-35(30,31)19-6-5-17-12-22(24(29)33-4-2)34-21(17)13-19/h5-6,11-13,15,18,27H,3-4,7-10H2,1-2H3. The zero-order chi connectivity index (χ0) is 25.0. The molecular formula is C24H26N4O6S. The largest absolute Gasteiger partial charge is 0.460 e. The first kappa shape index (κ1) is 24.5. The van der Waals surface area contributed by atoms with E-state index < -0.39 is 16.0 Å². The number of aromatic nitrogens is 1. The van der Waals surface area contributed by atoms with Gasteiger partial charge in [0.05, 0.1) is 28.9 Å². The number of hydrogen-bond acceptors (Lipinski definition) is 9. The van der Waals surface area contributed by atoms with Crippen LogP contribution in [0.2, 0.25) is 0 Å². The van der Waals surface area contributed by atoms with Crippen molar-refractivity contribution in [1.82, 2.24) is 4.98 Å². The van der Waals surface area contributed by atoms with Gasteiger partial charge in [0.2, 0.25) is 5.76 Å². The molecule has 0 unspecified atom stereocenters. The molecule has 10 nitrogen and oxygen atoms in total. The number of fused-ring (bicyclic) bond motifs is 1. The summed E-state index contributed by atoms with van der Waals surface area (Å²) in [5, 5.41) is 9.90. The number of piperidine rings is 1. The second kappa shape index (κ2) is 10.3. The van der Waals surface area contributed by atoms with E-state index in [2.05, 4.69) is 9.71 Å². The Morgan fingerprint density at radius 3 is 2.69 bits per heavy atom. The van der Waals surface area contributed by atoms with Crippen molar-refractivity contribution in [3.8, 4) is 6.07 Å². The van der Waals surface area contributed by atoms with E-state index in [1.807, 2.05) is 17.9 Å². The summed E-state index contributed by atoms with van der Waals surface area (Å²) in [6.45, 7) is 5.77. The Hall–Kier alpha value is -3.62. The topological polar surface area (TPSA) is 135 Å². The van der Waals surface area contributed by atoms with Gasteiger partial charge in [0, 0.05) is 37.3 Å². The van der Waals surface area contributed by atoms with Crippen molar-refractivity contribution in [1.29, 1.82) is 5.26 Å². The Bertz CT molecular complexity index is 1370. The lowest BCUT2D eigenvalue weighted by molar-refractivity contribution is 0.0458. The Kier molecular flexibility index (Phi) is 7.23. The second-order valence-corrected chi connectivity index (χ2v) is 9.67. The average molecular weight is 499 g/mol. The normalized spacial score (nSPS) is 14.6. The van der Waals surface area contributed by atoms with Crippen LogP contribution in [0.5, 0.6) is 0 Å². The number of anilines is 2. The highest BCUT2D eigenvalue weighted by Crippen LogP contribution is 2.31. The van der Waals surface area contributed by atoms with Crippen molar-refractivity contribution >= 4 is 38.5 Å². The quantitative estimate of drug-likeness (QED) is 0.461. The van der Waals surface area contributed by atoms with E-state index in [1.165, 1.54) is 30.5 Å². The van der Waals surface area contributed by atoms with Crippen LogP contribution in [-0.2, 0) is 19.5 Å². The molecule has 0 radical (unpaired) electrons. The average Bonchev–Trinajstić information content (AvgIpc) is 3.28. The Morgan fingerprint density at radius 1 is 1.23 bits per heavy atom. The first-order chi connectivity index (χ1) is 16.8. The lowest BCUT2D eigenvalue weighted by Gasteiger charge is -2.33. The van der Waals surface area contributed by atoms with Gasteiger partial charge in [0.25, 0.3) is 10.0 Å². The summed E-state index contributed by atoms with van der Waals surface area (Å²) < 4.78 is 45.3. The third kappa shape index (κ3) is 5.39. The van der Waals surface area contributed by atoms with Gasteiger partial charge in [-0.05, 0) is 51.0 Å². The Morgan fingerprint density at radius 2 is 2.00 bits per heavy atom. The molecule has 11 heteroatoms. The molecule has 1 aliphatic heterocycles. The second-order valence-electron chi connectivity index (χ2n) is 7.98. The predicted octanol–water partition coefficient (Wildman–Crippen LogP) is 3.68. The minimum Gasteiger partial charge on any atom is -0.460 e. The summed E-state index contributed by atoms with van der Waals surface area (Å²) in [5.41, 5.74) is 0.680. The molecule has 0 saturated carbocycles. The molecule has 0 amide bonds. The van der Waals surface area contributed by atoms with E-state index in [1.54, 1.807) is 13.0 Å². The monoisotopic (exact) mass is 498 g/mol. The number of pyridine rings is 1. The Balaban J connectivity index is 1.62. The van der Waals surface area contributed by atoms with E-state index in [0.29, 0.717) is 30.9 Å². The molecule has 1 aromatic carbocycles. The number of carbonyl (C=O) groups excluding carboxylic acids is 1. The highest BCUT2D eigenvalue weighted by atomic mass is 32.2. The molecule has 35 heavy (non-hydrogen) atoms. The number of nitrogens with one attached hydrogen (secondary N) is 1. The van der Waals surface area contributed by atoms with Crippen LogP contribution in [0.25, 0.3) is 11.0 Å². The van der Waals surface area contributed by atoms with E-state index in [9.17, 15) is 18.5 Å². The lowest BCUT2D eigenvalue weighted by Crippen LogP contribution is -2.38. The van der Waals surface area contributed by atoms with E-state index >= 15 is 0 Å². The molecule has 4 rings (SSSR count). The van der Waals surface area contributed by atoms with Gasteiger partial charge in [0.1, 0.15) is 11.7 Å². The summed E-state index contributed by atoms with van der Waals surface area (Å²) in [6, 6.07) is 9.29. The van der Waals surface area contributed by atoms with Gasteiger partial charge in [-0.1, -0.05) is 0 Å². The number of nitriles is 1. The van der Waals surface area contributed by atoms with Gasteiger partial charge < -0.3 is 18.8 Å². The van der Waals surface area contributed by atoms with Crippen LogP contribution in [0.15, 0.2) is 45.8 Å². The third-order valence-corrected chi connectivity index (χ3v) is 7.03. The molecule has 0 spiro atoms. The SMILES string of the molecule is CCOC(=O)c1cc2ccc(S(=O)(=O)Nc3cc(C#N)cnc3N3CCC(OCC)CC3)cc2o1. The number of rotatable bonds is 8. The fourth-order valence-corrected chi connectivity index (χ4v) is 5.07. The van der Waals surface area contributed by atoms with E-state index in [4.69, 9.17) is 13.9 Å². The molecule has 0 bridgehead atoms. The maximum absolute atomic E-state index is 13.3. The van der Waals surface area contributed by atoms with Gasteiger partial charge in [-0.2, -0.15) is 5.26 Å². The van der Waals surface area contributed by atoms with Crippen molar-refractivity contribution in [2.45, 2.75) is 37.7 Å². The summed E-state index contributed by atoms with van der Waals surface area (Å²) in [5.74, 6) is -0.178. The van der Waals surface area contributed by atoms with Crippen LogP contribution in [0.4, 0.5) is 11.5 Å². The number of furan rings is 1. The highest BCUT2D eigenvalue weighted by Gasteiger charge is 2.25. The predicted molar refractivity (Wildman–Crippen MR) is 129 cm³/mol. The van der Waals surface area contributed by atoms with Crippen molar-refractivity contribution < 1.29 is 27.1 Å². The molecule has 2 aromatic heterocycles. The zero-order valence-corrected chi connectivity index (χ0v) is 20.3. The smallest absolute Gasteiger partial charge is 0.374 e. The lowest BCUT2D eigenvalue weighted by atomic mass is 10.1. The maximum atomic E-state index is 13.3. The van der Waals surface area contributed by atoms with Crippen molar-refractivity contribution in [2.24, 2.45) is 0 Å². The number of benzene rings is 1. The minimum atomic E-state index is -4.06. The van der Waals surface area contributed by atoms with Gasteiger partial charge in [-0.3, -0.25) is 4.72 Å². The molecule has 1 fully saturated rings. The summed E-state index contributed by atoms with van der Waals surface area (Å²) in [4.78, 5) is 18.3. The minimum absolute atomic E-state index is 0.00646. The molecule has 1 saturated heterocycles. The van der Waals surface area contributed by atoms with Gasteiger partial charge in [-0.15, -0.1) is 0 Å². The van der Waals surface area contributed by atoms with Crippen LogP contribution in [0.1, 0.15) is 42.8 Å². The van der Waals surface area contributed by atoms with Crippen LogP contribution >= 0.6 is 0 Å². The molecule has 3 aromatic rings. The number of carbonyl (C=O) groups is 1. The van der Waals surface area contributed by atoms with Crippen molar-refractivity contribution in [3.63, 3.8) is 0 Å². The van der Waals surface area contributed by atoms with E-state index in [-0.39, 0.29) is 40.2 Å². The summed E-state index contributed by atoms with van der Waals surface area (Å²) in [6.07, 6.45) is 3.17. The molecule has 0 aliphatic carbocycles. The van der Waals surface area contributed by atoms with Gasteiger partial charge >= 0.3 is 5.97 Å². The van der Waals surface area contributed by atoms with Crippen molar-refractivity contribution in [2.75, 3.05) is 35.9 Å². The number of ether oxygens (including phenoxy) is 2. The van der Waals surface area contributed by atoms with Gasteiger partial charge in [0.15, 0.2) is 5.82 Å². The highest BCUT2D eigenvalue weighted by molar-refractivity contribution is 7.92. The number of hydrogen-bond donors (Lipinski definition) is 1. The number of nitrogens with zero attached hydrogens (tertiary/aromatic N) is 3. The Labute approximate surface area is 203 Å². The van der Waals surface area contributed by atoms with Crippen LogP contribution in [0.3, 0.4) is 0 Å².